The minimum Gasteiger partial charge on any atom is -0.369 e. The van der Waals surface area contributed by atoms with Gasteiger partial charge in [0.2, 0.25) is 0 Å². The fourth-order valence-corrected chi connectivity index (χ4v) is 3.14. The molecule has 6 nitrogen and oxygen atoms in total. The lowest BCUT2D eigenvalue weighted by Gasteiger charge is -2.29. The maximum atomic E-state index is 12.2. The van der Waals surface area contributed by atoms with E-state index in [4.69, 9.17) is 8.92 Å². The molecule has 0 bridgehead atoms. The van der Waals surface area contributed by atoms with Crippen molar-refractivity contribution in [3.8, 4) is 0 Å². The summed E-state index contributed by atoms with van der Waals surface area (Å²) in [5.41, 5.74) is 0.954. The number of amides is 1. The van der Waals surface area contributed by atoms with Crippen LogP contribution in [0, 0.1) is 6.92 Å². The average molecular weight is 299 g/mol. The lowest BCUT2D eigenvalue weighted by atomic mass is 10.1. The zero-order valence-corrected chi connectivity index (χ0v) is 12.1. The van der Waals surface area contributed by atoms with Gasteiger partial charge < -0.3 is 10.1 Å². The number of nitrogens with one attached hydrogen (secondary N) is 1. The first kappa shape index (κ1) is 15.0. The number of benzene rings is 1. The quantitative estimate of drug-likeness (QED) is 0.824. The van der Waals surface area contributed by atoms with E-state index in [2.05, 4.69) is 5.32 Å². The third-order valence-corrected chi connectivity index (χ3v) is 4.49. The number of rotatable bonds is 4. The molecule has 1 N–H and O–H groups in total. The summed E-state index contributed by atoms with van der Waals surface area (Å²) in [6, 6.07) is 6.35. The molecule has 2 unspecified atom stereocenters. The van der Waals surface area contributed by atoms with E-state index >= 15 is 0 Å². The summed E-state index contributed by atoms with van der Waals surface area (Å²) in [6.45, 7) is 2.23. The van der Waals surface area contributed by atoms with Crippen LogP contribution in [0.15, 0.2) is 29.2 Å². The van der Waals surface area contributed by atoms with Crippen molar-refractivity contribution in [3.05, 3.63) is 29.8 Å². The molecule has 0 spiro atoms. The van der Waals surface area contributed by atoms with Crippen molar-refractivity contribution in [3.63, 3.8) is 0 Å². The Morgan fingerprint density at radius 3 is 2.50 bits per heavy atom. The molecule has 0 aliphatic carbocycles. The van der Waals surface area contributed by atoms with E-state index in [0.29, 0.717) is 13.0 Å². The topological polar surface area (TPSA) is 81.7 Å². The van der Waals surface area contributed by atoms with E-state index in [-0.39, 0.29) is 10.8 Å². The lowest BCUT2D eigenvalue weighted by Crippen LogP contribution is -2.51. The fraction of sp³-hybridized carbons (Fsp3) is 0.462. The molecule has 2 rings (SSSR count). The van der Waals surface area contributed by atoms with Gasteiger partial charge in [0.1, 0.15) is 6.10 Å². The SMILES string of the molecule is COC1C(=O)NCCC1OS(=O)(=O)c1ccc(C)cc1. The monoisotopic (exact) mass is 299 g/mol. The van der Waals surface area contributed by atoms with Crippen LogP contribution in [0.2, 0.25) is 0 Å². The Morgan fingerprint density at radius 1 is 1.25 bits per heavy atom. The third-order valence-electron chi connectivity index (χ3n) is 3.14. The fourth-order valence-electron chi connectivity index (χ4n) is 2.04. The normalized spacial score (nSPS) is 23.4. The van der Waals surface area contributed by atoms with Gasteiger partial charge in [-0.15, -0.1) is 0 Å². The average Bonchev–Trinajstić information content (AvgIpc) is 2.39. The second-order valence-corrected chi connectivity index (χ2v) is 6.21. The van der Waals surface area contributed by atoms with Crippen molar-refractivity contribution >= 4 is 16.0 Å². The molecule has 20 heavy (non-hydrogen) atoms. The number of piperidine rings is 1. The van der Waals surface area contributed by atoms with Crippen LogP contribution < -0.4 is 5.32 Å². The maximum Gasteiger partial charge on any atom is 0.297 e. The van der Waals surface area contributed by atoms with E-state index in [9.17, 15) is 13.2 Å². The van der Waals surface area contributed by atoms with Crippen molar-refractivity contribution in [2.75, 3.05) is 13.7 Å². The predicted molar refractivity (Wildman–Crippen MR) is 71.7 cm³/mol. The Kier molecular flexibility index (Phi) is 4.42. The molecule has 1 aromatic carbocycles. The van der Waals surface area contributed by atoms with Crippen molar-refractivity contribution in [1.29, 1.82) is 0 Å². The van der Waals surface area contributed by atoms with Gasteiger partial charge >= 0.3 is 0 Å². The van der Waals surface area contributed by atoms with E-state index in [1.807, 2.05) is 6.92 Å². The second-order valence-electron chi connectivity index (χ2n) is 4.64. The molecular formula is C13H17NO5S. The highest BCUT2D eigenvalue weighted by Gasteiger charge is 2.36. The summed E-state index contributed by atoms with van der Waals surface area (Å²) in [5, 5.41) is 2.61. The highest BCUT2D eigenvalue weighted by Crippen LogP contribution is 2.20. The van der Waals surface area contributed by atoms with Crippen LogP contribution >= 0.6 is 0 Å². The number of hydrogen-bond acceptors (Lipinski definition) is 5. The van der Waals surface area contributed by atoms with Gasteiger partial charge in [0, 0.05) is 13.7 Å². The minimum absolute atomic E-state index is 0.0731. The summed E-state index contributed by atoms with van der Waals surface area (Å²) in [6.07, 6.45) is -1.33. The van der Waals surface area contributed by atoms with Crippen LogP contribution in [0.5, 0.6) is 0 Å². The lowest BCUT2D eigenvalue weighted by molar-refractivity contribution is -0.140. The van der Waals surface area contributed by atoms with Gasteiger partial charge in [-0.1, -0.05) is 17.7 Å². The molecule has 0 radical (unpaired) electrons. The number of hydrogen-bond donors (Lipinski definition) is 1. The van der Waals surface area contributed by atoms with Crippen LogP contribution in [0.25, 0.3) is 0 Å². The standard InChI is InChI=1S/C13H17NO5S/c1-9-3-5-10(6-4-9)20(16,17)19-11-7-8-14-13(15)12(11)18-2/h3-6,11-12H,7-8H2,1-2H3,(H,14,15). The summed E-state index contributed by atoms with van der Waals surface area (Å²) in [4.78, 5) is 11.7. The molecule has 1 fully saturated rings. The number of methoxy groups -OCH3 is 1. The Bertz CT molecular complexity index is 581. The Labute approximate surface area is 118 Å². The van der Waals surface area contributed by atoms with Crippen molar-refractivity contribution in [2.45, 2.75) is 30.4 Å². The Hall–Kier alpha value is -1.44. The molecule has 1 aromatic rings. The first-order valence-electron chi connectivity index (χ1n) is 6.24. The van der Waals surface area contributed by atoms with Crippen molar-refractivity contribution in [2.24, 2.45) is 0 Å². The predicted octanol–water partition coefficient (Wildman–Crippen LogP) is 0.604. The van der Waals surface area contributed by atoms with Gasteiger partial charge in [0.15, 0.2) is 6.10 Å². The zero-order chi connectivity index (χ0) is 14.8. The highest BCUT2D eigenvalue weighted by atomic mass is 32.2. The van der Waals surface area contributed by atoms with Crippen LogP contribution in [0.4, 0.5) is 0 Å². The van der Waals surface area contributed by atoms with Crippen molar-refractivity contribution in [1.82, 2.24) is 5.32 Å². The molecule has 0 saturated carbocycles. The van der Waals surface area contributed by atoms with Crippen molar-refractivity contribution < 1.29 is 22.1 Å². The number of carbonyl (C=O) groups excluding carboxylic acids is 1. The van der Waals surface area contributed by atoms with Crippen LogP contribution in [-0.4, -0.2) is 40.2 Å². The second kappa shape index (κ2) is 5.90. The van der Waals surface area contributed by atoms with Crippen LogP contribution in [-0.2, 0) is 23.8 Å². The molecule has 1 amide bonds. The van der Waals surface area contributed by atoms with Gasteiger partial charge in [-0.25, -0.2) is 0 Å². The molecule has 1 aliphatic rings. The minimum atomic E-state index is -3.90. The highest BCUT2D eigenvalue weighted by molar-refractivity contribution is 7.86. The molecular weight excluding hydrogens is 282 g/mol. The zero-order valence-electron chi connectivity index (χ0n) is 11.3. The first-order chi connectivity index (χ1) is 9.44. The molecule has 1 aliphatic heterocycles. The molecule has 1 saturated heterocycles. The summed E-state index contributed by atoms with van der Waals surface area (Å²) in [5.74, 6) is -0.358. The van der Waals surface area contributed by atoms with Gasteiger partial charge in [0.25, 0.3) is 16.0 Å². The molecule has 0 aromatic heterocycles. The van der Waals surface area contributed by atoms with Gasteiger partial charge in [0.05, 0.1) is 4.90 Å². The van der Waals surface area contributed by atoms with Gasteiger partial charge in [-0.2, -0.15) is 8.42 Å². The van der Waals surface area contributed by atoms with Crippen LogP contribution in [0.3, 0.4) is 0 Å². The third kappa shape index (κ3) is 3.17. The molecule has 1 heterocycles. The number of carbonyl (C=O) groups is 1. The first-order valence-corrected chi connectivity index (χ1v) is 7.65. The van der Waals surface area contributed by atoms with E-state index < -0.39 is 22.3 Å². The van der Waals surface area contributed by atoms with E-state index in [1.54, 1.807) is 12.1 Å². The van der Waals surface area contributed by atoms with E-state index in [0.717, 1.165) is 5.56 Å². The maximum absolute atomic E-state index is 12.2. The summed E-state index contributed by atoms with van der Waals surface area (Å²) < 4.78 is 34.5. The van der Waals surface area contributed by atoms with E-state index in [1.165, 1.54) is 19.2 Å². The largest absolute Gasteiger partial charge is 0.369 e. The molecule has 2 atom stereocenters. The summed E-state index contributed by atoms with van der Waals surface area (Å²) >= 11 is 0. The summed E-state index contributed by atoms with van der Waals surface area (Å²) in [7, 11) is -2.55. The number of aryl methyl sites for hydroxylation is 1. The number of ether oxygens (including phenoxy) is 1. The molecule has 7 heteroatoms. The van der Waals surface area contributed by atoms with Gasteiger partial charge in [-0.3, -0.25) is 8.98 Å². The molecule has 110 valence electrons. The smallest absolute Gasteiger partial charge is 0.297 e. The Morgan fingerprint density at radius 2 is 1.90 bits per heavy atom. The Balaban J connectivity index is 2.19. The van der Waals surface area contributed by atoms with Crippen LogP contribution in [0.1, 0.15) is 12.0 Å². The van der Waals surface area contributed by atoms with Gasteiger partial charge in [-0.05, 0) is 25.5 Å².